The second-order valence-corrected chi connectivity index (χ2v) is 13.4. The SMILES string of the molecule is CC(=O)[C@@H]1C[C@@H](C2CCCCC2)CC1C(=O)CP(C)(=O)CCCCc1ccccc1. The molecule has 166 valence electrons. The van der Waals surface area contributed by atoms with Crippen molar-refractivity contribution in [3.05, 3.63) is 35.9 Å². The van der Waals surface area contributed by atoms with Gasteiger partial charge in [0.1, 0.15) is 11.6 Å². The van der Waals surface area contributed by atoms with Crippen LogP contribution in [0.25, 0.3) is 0 Å². The number of aryl methyl sites for hydroxylation is 1. The minimum absolute atomic E-state index is 0.0994. The maximum Gasteiger partial charge on any atom is 0.143 e. The average molecular weight is 431 g/mol. The summed E-state index contributed by atoms with van der Waals surface area (Å²) in [5.41, 5.74) is 1.31. The van der Waals surface area contributed by atoms with E-state index in [-0.39, 0.29) is 29.6 Å². The molecule has 2 saturated carbocycles. The highest BCUT2D eigenvalue weighted by Gasteiger charge is 2.44. The van der Waals surface area contributed by atoms with Crippen molar-refractivity contribution in [2.45, 2.75) is 71.1 Å². The molecule has 0 spiro atoms. The molecule has 2 fully saturated rings. The zero-order valence-corrected chi connectivity index (χ0v) is 19.7. The van der Waals surface area contributed by atoms with Crippen molar-refractivity contribution >= 4 is 18.7 Å². The molecular weight excluding hydrogens is 391 g/mol. The van der Waals surface area contributed by atoms with Gasteiger partial charge in [0.15, 0.2) is 0 Å². The van der Waals surface area contributed by atoms with Crippen molar-refractivity contribution in [3.8, 4) is 0 Å². The van der Waals surface area contributed by atoms with E-state index in [1.807, 2.05) is 18.2 Å². The van der Waals surface area contributed by atoms with Gasteiger partial charge >= 0.3 is 0 Å². The monoisotopic (exact) mass is 430 g/mol. The number of hydrogen-bond acceptors (Lipinski definition) is 3. The van der Waals surface area contributed by atoms with Gasteiger partial charge in [0.05, 0.1) is 13.3 Å². The summed E-state index contributed by atoms with van der Waals surface area (Å²) in [7, 11) is -2.49. The number of ketones is 2. The van der Waals surface area contributed by atoms with Gasteiger partial charge in [0.2, 0.25) is 0 Å². The summed E-state index contributed by atoms with van der Waals surface area (Å²) in [4.78, 5) is 25.4. The van der Waals surface area contributed by atoms with Crippen LogP contribution in [0.15, 0.2) is 30.3 Å². The van der Waals surface area contributed by atoms with Crippen molar-refractivity contribution in [1.82, 2.24) is 0 Å². The molecule has 1 aromatic carbocycles. The molecule has 3 nitrogen and oxygen atoms in total. The highest BCUT2D eigenvalue weighted by Crippen LogP contribution is 2.48. The Kier molecular flexibility index (Phi) is 8.52. The van der Waals surface area contributed by atoms with E-state index in [0.717, 1.165) is 32.1 Å². The highest BCUT2D eigenvalue weighted by atomic mass is 31.2. The fraction of sp³-hybridized carbons (Fsp3) is 0.692. The quantitative estimate of drug-likeness (QED) is 0.319. The molecule has 0 bridgehead atoms. The molecule has 2 unspecified atom stereocenters. The number of hydrogen-bond donors (Lipinski definition) is 0. The summed E-state index contributed by atoms with van der Waals surface area (Å²) >= 11 is 0. The highest BCUT2D eigenvalue weighted by molar-refractivity contribution is 7.64. The van der Waals surface area contributed by atoms with Crippen LogP contribution in [-0.4, -0.2) is 30.6 Å². The molecule has 0 aromatic heterocycles. The van der Waals surface area contributed by atoms with Crippen LogP contribution in [0.3, 0.4) is 0 Å². The Morgan fingerprint density at radius 1 is 0.933 bits per heavy atom. The number of benzene rings is 1. The van der Waals surface area contributed by atoms with Crippen molar-refractivity contribution < 1.29 is 14.2 Å². The number of rotatable bonds is 10. The Hall–Kier alpha value is -1.21. The zero-order valence-electron chi connectivity index (χ0n) is 18.9. The van der Waals surface area contributed by atoms with Gasteiger partial charge in [-0.1, -0.05) is 62.4 Å². The third kappa shape index (κ3) is 6.64. The van der Waals surface area contributed by atoms with E-state index < -0.39 is 7.14 Å². The summed E-state index contributed by atoms with van der Waals surface area (Å²) < 4.78 is 13.1. The Labute approximate surface area is 182 Å². The van der Waals surface area contributed by atoms with Crippen LogP contribution in [0.2, 0.25) is 0 Å². The molecule has 4 heteroatoms. The van der Waals surface area contributed by atoms with E-state index >= 15 is 0 Å². The lowest BCUT2D eigenvalue weighted by atomic mass is 9.78. The first-order chi connectivity index (χ1) is 14.4. The van der Waals surface area contributed by atoms with Crippen molar-refractivity contribution in [2.75, 3.05) is 19.0 Å². The van der Waals surface area contributed by atoms with Crippen LogP contribution in [0.4, 0.5) is 0 Å². The van der Waals surface area contributed by atoms with Gasteiger partial charge < -0.3 is 4.57 Å². The molecule has 2 aliphatic rings. The third-order valence-electron chi connectivity index (χ3n) is 7.53. The maximum atomic E-state index is 13.1. The number of carbonyl (C=O) groups excluding carboxylic acids is 2. The van der Waals surface area contributed by atoms with Gasteiger partial charge in [-0.2, -0.15) is 0 Å². The third-order valence-corrected chi connectivity index (χ3v) is 9.77. The van der Waals surface area contributed by atoms with Gasteiger partial charge in [-0.05, 0) is 63.1 Å². The lowest BCUT2D eigenvalue weighted by Gasteiger charge is -2.27. The Balaban J connectivity index is 1.50. The minimum Gasteiger partial charge on any atom is -0.323 e. The molecule has 0 N–H and O–H groups in total. The van der Waals surface area contributed by atoms with E-state index in [0.29, 0.717) is 18.0 Å². The molecule has 30 heavy (non-hydrogen) atoms. The van der Waals surface area contributed by atoms with Gasteiger partial charge in [0, 0.05) is 18.0 Å². The van der Waals surface area contributed by atoms with E-state index in [9.17, 15) is 14.2 Å². The van der Waals surface area contributed by atoms with Crippen LogP contribution >= 0.6 is 7.14 Å². The van der Waals surface area contributed by atoms with Gasteiger partial charge in [-0.3, -0.25) is 9.59 Å². The van der Waals surface area contributed by atoms with Crippen LogP contribution in [0.5, 0.6) is 0 Å². The predicted molar refractivity (Wildman–Crippen MR) is 125 cm³/mol. The number of unbranched alkanes of at least 4 members (excludes halogenated alkanes) is 1. The van der Waals surface area contributed by atoms with E-state index in [1.165, 1.54) is 37.7 Å². The first-order valence-electron chi connectivity index (χ1n) is 12.0. The fourth-order valence-corrected chi connectivity index (χ4v) is 7.76. The molecule has 0 heterocycles. The van der Waals surface area contributed by atoms with Gasteiger partial charge in [-0.25, -0.2) is 0 Å². The number of carbonyl (C=O) groups is 2. The second-order valence-electron chi connectivity index (χ2n) is 10.0. The molecule has 1 aromatic rings. The van der Waals surface area contributed by atoms with Crippen molar-refractivity contribution in [3.63, 3.8) is 0 Å². The predicted octanol–water partition coefficient (Wildman–Crippen LogP) is 6.38. The number of Topliss-reactive ketones (excluding diaryl/α,β-unsaturated/α-hetero) is 2. The Bertz CT molecular complexity index is 751. The molecule has 2 aliphatic carbocycles. The second kappa shape index (κ2) is 10.9. The summed E-state index contributed by atoms with van der Waals surface area (Å²) in [6.45, 7) is 3.44. The van der Waals surface area contributed by atoms with Gasteiger partial charge in [0.25, 0.3) is 0 Å². The maximum absolute atomic E-state index is 13.1. The van der Waals surface area contributed by atoms with Crippen LogP contribution in [0, 0.1) is 23.7 Å². The normalized spacial score (nSPS) is 26.9. The summed E-state index contributed by atoms with van der Waals surface area (Å²) in [6.07, 6.45) is 11.8. The molecule has 4 atom stereocenters. The first kappa shape index (κ1) is 23.5. The molecule has 0 aliphatic heterocycles. The van der Waals surface area contributed by atoms with Crippen LogP contribution in [-0.2, 0) is 20.6 Å². The Morgan fingerprint density at radius 3 is 2.27 bits per heavy atom. The summed E-state index contributed by atoms with van der Waals surface area (Å²) in [6, 6.07) is 10.4. The lowest BCUT2D eigenvalue weighted by molar-refractivity contribution is -0.128. The average Bonchev–Trinajstić information content (AvgIpc) is 3.19. The van der Waals surface area contributed by atoms with Crippen LogP contribution < -0.4 is 0 Å². The summed E-state index contributed by atoms with van der Waals surface area (Å²) in [5, 5.41) is 0. The van der Waals surface area contributed by atoms with E-state index in [4.69, 9.17) is 0 Å². The largest absolute Gasteiger partial charge is 0.323 e. The van der Waals surface area contributed by atoms with E-state index in [2.05, 4.69) is 12.1 Å². The standard InChI is InChI=1S/C26H39O3P/c1-20(27)24-17-23(22-14-7-4-8-15-22)18-25(24)26(28)19-30(2,29)16-10-9-13-21-11-5-3-6-12-21/h3,5-6,11-12,22-25H,4,7-10,13-19H2,1-2H3/t23-,24+,25?,30?/m1/s1. The van der Waals surface area contributed by atoms with Crippen molar-refractivity contribution in [1.29, 1.82) is 0 Å². The molecular formula is C26H39O3P. The zero-order chi connectivity index (χ0) is 21.6. The minimum atomic E-state index is -2.49. The molecule has 0 radical (unpaired) electrons. The van der Waals surface area contributed by atoms with E-state index in [1.54, 1.807) is 13.6 Å². The lowest BCUT2D eigenvalue weighted by Crippen LogP contribution is -2.26. The van der Waals surface area contributed by atoms with Crippen LogP contribution in [0.1, 0.15) is 70.3 Å². The fourth-order valence-electron chi connectivity index (χ4n) is 5.82. The topological polar surface area (TPSA) is 51.2 Å². The Morgan fingerprint density at radius 2 is 1.60 bits per heavy atom. The molecule has 0 amide bonds. The molecule has 3 rings (SSSR count). The first-order valence-corrected chi connectivity index (χ1v) is 14.5. The smallest absolute Gasteiger partial charge is 0.143 e. The van der Waals surface area contributed by atoms with Crippen molar-refractivity contribution in [2.24, 2.45) is 23.7 Å². The van der Waals surface area contributed by atoms with Gasteiger partial charge in [-0.15, -0.1) is 0 Å². The molecule has 0 saturated heterocycles. The summed E-state index contributed by atoms with van der Waals surface area (Å²) in [5.74, 6) is 1.12.